The van der Waals surface area contributed by atoms with Crippen molar-refractivity contribution in [2.24, 2.45) is 0 Å². The summed E-state index contributed by atoms with van der Waals surface area (Å²) in [7, 11) is 0. The highest BCUT2D eigenvalue weighted by molar-refractivity contribution is 6.31. The van der Waals surface area contributed by atoms with E-state index in [2.05, 4.69) is 5.32 Å². The van der Waals surface area contributed by atoms with Gasteiger partial charge in [-0.2, -0.15) is 0 Å². The van der Waals surface area contributed by atoms with Gasteiger partial charge in [0.1, 0.15) is 5.69 Å². The van der Waals surface area contributed by atoms with Gasteiger partial charge in [0.15, 0.2) is 0 Å². The number of carbonyl (C=O) groups excluding carboxylic acids is 1. The van der Waals surface area contributed by atoms with Crippen LogP contribution in [0, 0.1) is 0 Å². The number of carbonyl (C=O) groups is 1. The van der Waals surface area contributed by atoms with Crippen molar-refractivity contribution >= 4 is 23.2 Å². The van der Waals surface area contributed by atoms with Gasteiger partial charge in [0, 0.05) is 17.3 Å². The zero-order valence-electron chi connectivity index (χ0n) is 12.4. The van der Waals surface area contributed by atoms with Gasteiger partial charge in [0.25, 0.3) is 5.91 Å². The monoisotopic (exact) mass is 305 g/mol. The highest BCUT2D eigenvalue weighted by Gasteiger charge is 2.18. The second-order valence-electron chi connectivity index (χ2n) is 5.38. The van der Waals surface area contributed by atoms with Crippen LogP contribution in [0.2, 0.25) is 5.02 Å². The first-order valence-corrected chi connectivity index (χ1v) is 7.30. The third-order valence-electron chi connectivity index (χ3n) is 3.38. The van der Waals surface area contributed by atoms with Gasteiger partial charge in [0.05, 0.1) is 11.7 Å². The first-order chi connectivity index (χ1) is 9.90. The van der Waals surface area contributed by atoms with Crippen LogP contribution in [-0.4, -0.2) is 10.5 Å². The van der Waals surface area contributed by atoms with Crippen molar-refractivity contribution in [1.82, 2.24) is 9.88 Å². The summed E-state index contributed by atoms with van der Waals surface area (Å²) in [6.07, 6.45) is 1.78. The summed E-state index contributed by atoms with van der Waals surface area (Å²) >= 11 is 6.16. The minimum atomic E-state index is -0.178. The Bertz CT molecular complexity index is 649. The second-order valence-corrected chi connectivity index (χ2v) is 5.78. The first-order valence-electron chi connectivity index (χ1n) is 6.92. The van der Waals surface area contributed by atoms with Gasteiger partial charge in [-0.1, -0.05) is 29.8 Å². The van der Waals surface area contributed by atoms with Crippen LogP contribution in [0.1, 0.15) is 48.9 Å². The molecule has 0 aliphatic carbocycles. The summed E-state index contributed by atoms with van der Waals surface area (Å²) < 4.78 is 1.87. The maximum Gasteiger partial charge on any atom is 0.268 e. The molecule has 1 amide bonds. The molecule has 0 radical (unpaired) electrons. The molecular formula is C16H20ClN3O. The molecule has 0 saturated carbocycles. The molecule has 0 saturated heterocycles. The molecule has 3 N–H and O–H groups in total. The lowest BCUT2D eigenvalue weighted by molar-refractivity contribution is 0.0929. The predicted octanol–water partition coefficient (Wildman–Crippen LogP) is 3.80. The van der Waals surface area contributed by atoms with Gasteiger partial charge < -0.3 is 15.6 Å². The van der Waals surface area contributed by atoms with E-state index in [4.69, 9.17) is 17.3 Å². The van der Waals surface area contributed by atoms with E-state index in [9.17, 15) is 4.79 Å². The molecule has 1 atom stereocenters. The third-order valence-corrected chi connectivity index (χ3v) is 3.72. The fraction of sp³-hybridized carbons (Fsp3) is 0.312. The molecule has 1 aromatic carbocycles. The quantitative estimate of drug-likeness (QED) is 0.902. The van der Waals surface area contributed by atoms with E-state index in [1.54, 1.807) is 12.3 Å². The molecule has 2 rings (SSSR count). The number of nitrogens with two attached hydrogens (primary N) is 1. The van der Waals surface area contributed by atoms with Crippen LogP contribution in [0.5, 0.6) is 0 Å². The third kappa shape index (κ3) is 3.39. The van der Waals surface area contributed by atoms with Crippen molar-refractivity contribution in [2.45, 2.75) is 32.9 Å². The van der Waals surface area contributed by atoms with E-state index >= 15 is 0 Å². The second kappa shape index (κ2) is 6.22. The number of halogens is 1. The molecule has 21 heavy (non-hydrogen) atoms. The minimum Gasteiger partial charge on any atom is -0.397 e. The predicted molar refractivity (Wildman–Crippen MR) is 86.6 cm³/mol. The lowest BCUT2D eigenvalue weighted by Crippen LogP contribution is -2.29. The van der Waals surface area contributed by atoms with Gasteiger partial charge in [-0.15, -0.1) is 0 Å². The summed E-state index contributed by atoms with van der Waals surface area (Å²) in [6.45, 7) is 5.92. The SMILES string of the molecule is CC(NC(=O)c1cc(N)cn1C(C)C)c1ccccc1Cl. The van der Waals surface area contributed by atoms with Crippen molar-refractivity contribution in [3.8, 4) is 0 Å². The Morgan fingerprint density at radius 2 is 1.95 bits per heavy atom. The van der Waals surface area contributed by atoms with Crippen molar-refractivity contribution < 1.29 is 4.79 Å². The number of nitrogen functional groups attached to an aromatic ring is 1. The molecule has 1 heterocycles. The number of anilines is 1. The van der Waals surface area contributed by atoms with E-state index in [1.807, 2.05) is 49.6 Å². The Morgan fingerprint density at radius 3 is 2.57 bits per heavy atom. The number of hydrogen-bond acceptors (Lipinski definition) is 2. The van der Waals surface area contributed by atoms with E-state index in [0.29, 0.717) is 16.4 Å². The van der Waals surface area contributed by atoms with Crippen LogP contribution in [0.15, 0.2) is 36.5 Å². The average molecular weight is 306 g/mol. The highest BCUT2D eigenvalue weighted by atomic mass is 35.5. The molecule has 1 unspecified atom stereocenters. The van der Waals surface area contributed by atoms with Gasteiger partial charge in [-0.05, 0) is 38.5 Å². The summed E-state index contributed by atoms with van der Waals surface area (Å²) in [5.74, 6) is -0.159. The van der Waals surface area contributed by atoms with Crippen molar-refractivity contribution in [3.63, 3.8) is 0 Å². The lowest BCUT2D eigenvalue weighted by atomic mass is 10.1. The van der Waals surface area contributed by atoms with E-state index in [1.165, 1.54) is 0 Å². The molecule has 0 bridgehead atoms. The molecule has 0 aliphatic rings. The highest BCUT2D eigenvalue weighted by Crippen LogP contribution is 2.23. The van der Waals surface area contributed by atoms with E-state index in [0.717, 1.165) is 5.56 Å². The number of benzene rings is 1. The number of aromatic nitrogens is 1. The zero-order valence-corrected chi connectivity index (χ0v) is 13.2. The van der Waals surface area contributed by atoms with Gasteiger partial charge in [0.2, 0.25) is 0 Å². The Labute approximate surface area is 129 Å². The average Bonchev–Trinajstić information content (AvgIpc) is 2.81. The van der Waals surface area contributed by atoms with Crippen molar-refractivity contribution in [1.29, 1.82) is 0 Å². The van der Waals surface area contributed by atoms with Crippen LogP contribution >= 0.6 is 11.6 Å². The van der Waals surface area contributed by atoms with Gasteiger partial charge in [-0.3, -0.25) is 4.79 Å². The molecule has 0 fully saturated rings. The molecule has 1 aromatic heterocycles. The molecule has 4 nitrogen and oxygen atoms in total. The topological polar surface area (TPSA) is 60.1 Å². The fourth-order valence-electron chi connectivity index (χ4n) is 2.28. The Balaban J connectivity index is 2.20. The van der Waals surface area contributed by atoms with E-state index < -0.39 is 0 Å². The molecule has 2 aromatic rings. The maximum absolute atomic E-state index is 12.4. The molecule has 112 valence electrons. The first kappa shape index (κ1) is 15.4. The minimum absolute atomic E-state index is 0.159. The fourth-order valence-corrected chi connectivity index (χ4v) is 2.58. The lowest BCUT2D eigenvalue weighted by Gasteiger charge is -2.17. The number of amides is 1. The molecule has 0 spiro atoms. The van der Waals surface area contributed by atoms with Gasteiger partial charge >= 0.3 is 0 Å². The number of nitrogens with zero attached hydrogens (tertiary/aromatic N) is 1. The Morgan fingerprint density at radius 1 is 1.29 bits per heavy atom. The smallest absolute Gasteiger partial charge is 0.268 e. The van der Waals surface area contributed by atoms with Crippen LogP contribution in [0.25, 0.3) is 0 Å². The number of rotatable bonds is 4. The van der Waals surface area contributed by atoms with E-state index in [-0.39, 0.29) is 18.0 Å². The largest absolute Gasteiger partial charge is 0.397 e. The van der Waals surface area contributed by atoms with Crippen molar-refractivity contribution in [2.75, 3.05) is 5.73 Å². The van der Waals surface area contributed by atoms with Crippen LogP contribution in [0.3, 0.4) is 0 Å². The summed E-state index contributed by atoms with van der Waals surface area (Å²) in [5.41, 5.74) is 7.83. The summed E-state index contributed by atoms with van der Waals surface area (Å²) in [5, 5.41) is 3.60. The Kier molecular flexibility index (Phi) is 4.58. The summed E-state index contributed by atoms with van der Waals surface area (Å²) in [4.78, 5) is 12.4. The standard InChI is InChI=1S/C16H20ClN3O/c1-10(2)20-9-12(18)8-15(20)16(21)19-11(3)13-6-4-5-7-14(13)17/h4-11H,18H2,1-3H3,(H,19,21). The molecule has 0 aliphatic heterocycles. The maximum atomic E-state index is 12.4. The molecular weight excluding hydrogens is 286 g/mol. The van der Waals surface area contributed by atoms with Gasteiger partial charge in [-0.25, -0.2) is 0 Å². The normalized spacial score (nSPS) is 12.4. The summed E-state index contributed by atoms with van der Waals surface area (Å²) in [6, 6.07) is 9.16. The van der Waals surface area contributed by atoms with Crippen molar-refractivity contribution in [3.05, 3.63) is 52.8 Å². The van der Waals surface area contributed by atoms with Crippen LogP contribution in [0.4, 0.5) is 5.69 Å². The van der Waals surface area contributed by atoms with Crippen LogP contribution < -0.4 is 11.1 Å². The van der Waals surface area contributed by atoms with Crippen LogP contribution in [-0.2, 0) is 0 Å². The zero-order chi connectivity index (χ0) is 15.6. The Hall–Kier alpha value is -1.94. The molecule has 5 heteroatoms. The number of nitrogens with one attached hydrogen (secondary N) is 1. The number of hydrogen-bond donors (Lipinski definition) is 2.